The number of carboxylic acid groups (broad SMARTS) is 1. The van der Waals surface area contributed by atoms with E-state index in [1.54, 1.807) is 36.4 Å². The predicted octanol–water partition coefficient (Wildman–Crippen LogP) is 6.10. The monoisotopic (exact) mass is 720 g/mol. The number of nitriles is 2. The number of benzene rings is 2. The van der Waals surface area contributed by atoms with E-state index in [4.69, 9.17) is 37.6 Å². The number of carbonyl (C=O) groups is 2. The molecule has 5 N–H and O–H groups in total. The molecule has 4 rings (SSSR count). The summed E-state index contributed by atoms with van der Waals surface area (Å²) in [5.74, 6) is -0.852. The number of hydrogen-bond donors (Lipinski definition) is 3. The number of thioether (sulfide) groups is 1. The molecule has 4 aromatic rings. The zero-order valence-corrected chi connectivity index (χ0v) is 27.9. The molecule has 0 bridgehead atoms. The van der Waals surface area contributed by atoms with E-state index in [0.717, 1.165) is 16.3 Å². The van der Waals surface area contributed by atoms with Crippen LogP contribution < -0.4 is 16.2 Å². The van der Waals surface area contributed by atoms with Crippen molar-refractivity contribution in [3.8, 4) is 39.6 Å². The summed E-state index contributed by atoms with van der Waals surface area (Å²) >= 11 is 8.78. The van der Waals surface area contributed by atoms with Crippen molar-refractivity contribution in [1.29, 1.82) is 10.5 Å². The lowest BCUT2D eigenvalue weighted by Gasteiger charge is -2.13. The van der Waals surface area contributed by atoms with Crippen LogP contribution in [0.3, 0.4) is 0 Å². The number of hydrogen-bond acceptors (Lipinski definition) is 12. The van der Waals surface area contributed by atoms with Crippen molar-refractivity contribution in [2.75, 3.05) is 18.9 Å². The molecule has 0 aliphatic carbocycles. The van der Waals surface area contributed by atoms with E-state index in [-0.39, 0.29) is 67.8 Å². The number of rotatable bonds is 13. The number of ether oxygens (including phenoxy) is 2. The van der Waals surface area contributed by atoms with Gasteiger partial charge in [-0.3, -0.25) is 9.59 Å². The lowest BCUT2D eigenvalue weighted by atomic mass is 9.97. The van der Waals surface area contributed by atoms with E-state index in [2.05, 4.69) is 22.1 Å². The Morgan fingerprint density at radius 2 is 1.65 bits per heavy atom. The van der Waals surface area contributed by atoms with Gasteiger partial charge in [-0.25, -0.2) is 9.97 Å². The molecule has 0 amide bonds. The number of halogens is 3. The van der Waals surface area contributed by atoms with Gasteiger partial charge in [-0.05, 0) is 36.2 Å². The van der Waals surface area contributed by atoms with Crippen LogP contribution in [0, 0.1) is 22.7 Å². The van der Waals surface area contributed by atoms with Crippen LogP contribution >= 0.6 is 59.5 Å². The number of aromatic nitrogens is 2. The number of nitrogen functional groups attached to an aromatic ring is 1. The number of nitrogens with two attached hydrogens (primary N) is 2. The van der Waals surface area contributed by atoms with Crippen LogP contribution in [-0.4, -0.2) is 46.3 Å². The van der Waals surface area contributed by atoms with E-state index >= 15 is 0 Å². The van der Waals surface area contributed by atoms with E-state index in [1.807, 2.05) is 17.5 Å². The summed E-state index contributed by atoms with van der Waals surface area (Å²) in [5.41, 5.74) is 14.5. The Morgan fingerprint density at radius 1 is 1.00 bits per heavy atom. The number of aliphatic carboxylic acids is 1. The molecular weight excluding hydrogens is 695 g/mol. The molecule has 0 unspecified atom stereocenters. The standard InChI is InChI=1S/C30H25ClN6O5S2.2ClH/c31-19-5-1-18(2-6-19)28-36-20(15-43-28)16-44-29-23(14-33)26(22(13-32)27(35)37-29)17-3-7-21(8-4-17)41-11-12-42-25(38)10-9-24(34)30(39)40;;/h1-8,15,24H,9-12,16,34H2,(H2,35,37)(H,39,40);2*1H/t24-;;/m0../s1. The van der Waals surface area contributed by atoms with Gasteiger partial charge in [0, 0.05) is 33.7 Å². The second-order valence-corrected chi connectivity index (χ2v) is 11.4. The number of pyridine rings is 1. The fraction of sp³-hybridized carbons (Fsp3) is 0.200. The molecule has 1 atom stereocenters. The molecule has 0 aliphatic rings. The van der Waals surface area contributed by atoms with Crippen LogP contribution in [0.1, 0.15) is 29.7 Å². The Kier molecular flexibility index (Phi) is 15.0. The fourth-order valence-electron chi connectivity index (χ4n) is 3.93. The lowest BCUT2D eigenvalue weighted by Crippen LogP contribution is -2.30. The highest BCUT2D eigenvalue weighted by Gasteiger charge is 2.21. The third-order valence-corrected chi connectivity index (χ3v) is 8.35. The van der Waals surface area contributed by atoms with E-state index in [1.165, 1.54) is 23.1 Å². The molecule has 240 valence electrons. The Balaban J connectivity index is 0.00000368. The topological polar surface area (TPSA) is 198 Å². The number of anilines is 1. The first-order valence-corrected chi connectivity index (χ1v) is 15.3. The summed E-state index contributed by atoms with van der Waals surface area (Å²) in [6, 6.07) is 17.2. The van der Waals surface area contributed by atoms with Gasteiger partial charge >= 0.3 is 11.9 Å². The van der Waals surface area contributed by atoms with E-state index in [0.29, 0.717) is 32.7 Å². The van der Waals surface area contributed by atoms with Gasteiger partial charge in [0.05, 0.1) is 11.3 Å². The number of carboxylic acids is 1. The van der Waals surface area contributed by atoms with Gasteiger partial charge < -0.3 is 26.0 Å². The number of esters is 1. The van der Waals surface area contributed by atoms with Gasteiger partial charge in [0.25, 0.3) is 0 Å². The number of carbonyl (C=O) groups excluding carboxylic acids is 1. The molecule has 0 spiro atoms. The van der Waals surface area contributed by atoms with Gasteiger partial charge in [0.15, 0.2) is 0 Å². The molecule has 16 heteroatoms. The van der Waals surface area contributed by atoms with Crippen molar-refractivity contribution in [3.63, 3.8) is 0 Å². The maximum Gasteiger partial charge on any atom is 0.320 e. The molecular formula is C30H27Cl3N6O5S2. The van der Waals surface area contributed by atoms with Gasteiger partial charge in [-0.2, -0.15) is 10.5 Å². The van der Waals surface area contributed by atoms with Crippen LogP contribution in [0.4, 0.5) is 5.82 Å². The average Bonchev–Trinajstić information content (AvgIpc) is 3.50. The van der Waals surface area contributed by atoms with Gasteiger partial charge in [0.1, 0.15) is 58.6 Å². The third kappa shape index (κ3) is 9.96. The zero-order chi connectivity index (χ0) is 31.6. The van der Waals surface area contributed by atoms with Crippen LogP contribution in [0.15, 0.2) is 58.9 Å². The Labute approximate surface area is 290 Å². The highest BCUT2D eigenvalue weighted by molar-refractivity contribution is 7.98. The molecule has 2 heterocycles. The minimum atomic E-state index is -1.18. The van der Waals surface area contributed by atoms with Crippen molar-refractivity contribution in [2.24, 2.45) is 5.73 Å². The van der Waals surface area contributed by atoms with Crippen LogP contribution in [-0.2, 0) is 20.1 Å². The first-order valence-electron chi connectivity index (χ1n) is 13.0. The summed E-state index contributed by atoms with van der Waals surface area (Å²) in [5, 5.41) is 32.5. The Hall–Kier alpha value is -4.08. The van der Waals surface area contributed by atoms with Crippen LogP contribution in [0.5, 0.6) is 5.75 Å². The molecule has 46 heavy (non-hydrogen) atoms. The Morgan fingerprint density at radius 3 is 2.28 bits per heavy atom. The smallest absolute Gasteiger partial charge is 0.320 e. The summed E-state index contributed by atoms with van der Waals surface area (Å²) in [7, 11) is 0. The van der Waals surface area contributed by atoms with Crippen molar-refractivity contribution >= 4 is 77.3 Å². The quantitative estimate of drug-likeness (QED) is 0.0816. The highest BCUT2D eigenvalue weighted by atomic mass is 35.5. The SMILES string of the molecule is Cl.Cl.N#Cc1c(N)nc(SCc2csc(-c3ccc(Cl)cc3)n2)c(C#N)c1-c1ccc(OCCOC(=O)CC[C@H](N)C(=O)O)cc1. The largest absolute Gasteiger partial charge is 0.490 e. The van der Waals surface area contributed by atoms with Gasteiger partial charge in [-0.15, -0.1) is 36.2 Å². The summed E-state index contributed by atoms with van der Waals surface area (Å²) in [6.07, 6.45) is -0.143. The molecule has 2 aromatic heterocycles. The Bertz CT molecular complexity index is 1740. The van der Waals surface area contributed by atoms with Gasteiger partial charge in [-0.1, -0.05) is 47.6 Å². The molecule has 11 nitrogen and oxygen atoms in total. The maximum absolute atomic E-state index is 11.8. The summed E-state index contributed by atoms with van der Waals surface area (Å²) < 4.78 is 10.7. The minimum absolute atomic E-state index is 0. The second kappa shape index (κ2) is 18.2. The minimum Gasteiger partial charge on any atom is -0.490 e. The second-order valence-electron chi connectivity index (χ2n) is 9.17. The molecule has 0 fully saturated rings. The van der Waals surface area contributed by atoms with Crippen LogP contribution in [0.25, 0.3) is 21.7 Å². The molecule has 0 saturated heterocycles. The molecule has 0 aliphatic heterocycles. The maximum atomic E-state index is 11.8. The fourth-order valence-corrected chi connectivity index (χ4v) is 5.88. The predicted molar refractivity (Wildman–Crippen MR) is 181 cm³/mol. The number of nitrogens with zero attached hydrogens (tertiary/aromatic N) is 4. The zero-order valence-electron chi connectivity index (χ0n) is 23.8. The third-order valence-electron chi connectivity index (χ3n) is 6.15. The first kappa shape index (κ1) is 38.1. The van der Waals surface area contributed by atoms with Crippen molar-refractivity contribution in [2.45, 2.75) is 29.7 Å². The van der Waals surface area contributed by atoms with Crippen molar-refractivity contribution in [1.82, 2.24) is 9.97 Å². The van der Waals surface area contributed by atoms with E-state index < -0.39 is 18.0 Å². The highest BCUT2D eigenvalue weighted by Crippen LogP contribution is 2.37. The van der Waals surface area contributed by atoms with E-state index in [9.17, 15) is 20.1 Å². The summed E-state index contributed by atoms with van der Waals surface area (Å²) in [4.78, 5) is 31.5. The summed E-state index contributed by atoms with van der Waals surface area (Å²) in [6.45, 7) is 0.0179. The molecule has 2 aromatic carbocycles. The lowest BCUT2D eigenvalue weighted by molar-refractivity contribution is -0.145. The van der Waals surface area contributed by atoms with Crippen molar-refractivity contribution < 1.29 is 24.2 Å². The normalized spacial score (nSPS) is 10.8. The number of thiazole rings is 1. The average molecular weight is 722 g/mol. The van der Waals surface area contributed by atoms with Gasteiger partial charge in [0.2, 0.25) is 0 Å². The van der Waals surface area contributed by atoms with Crippen molar-refractivity contribution in [3.05, 3.63) is 75.8 Å². The molecule has 0 radical (unpaired) electrons. The molecule has 0 saturated carbocycles. The van der Waals surface area contributed by atoms with Crippen LogP contribution in [0.2, 0.25) is 5.02 Å². The first-order chi connectivity index (χ1) is 21.2.